The predicted molar refractivity (Wildman–Crippen MR) is 125 cm³/mol. The van der Waals surface area contributed by atoms with Gasteiger partial charge in [0.05, 0.1) is 12.3 Å². The molecule has 164 valence electrons. The second kappa shape index (κ2) is 11.3. The van der Waals surface area contributed by atoms with Crippen LogP contribution in [0.25, 0.3) is 0 Å². The van der Waals surface area contributed by atoms with E-state index in [2.05, 4.69) is 50.9 Å². The van der Waals surface area contributed by atoms with E-state index in [4.69, 9.17) is 14.7 Å². The lowest BCUT2D eigenvalue weighted by Crippen LogP contribution is -2.26. The summed E-state index contributed by atoms with van der Waals surface area (Å²) in [5.41, 5.74) is 2.78. The molecule has 1 amide bonds. The number of aromatic nitrogens is 2. The third-order valence-electron chi connectivity index (χ3n) is 4.72. The average molecular weight is 431 g/mol. The zero-order chi connectivity index (χ0) is 22.1. The Kier molecular flexibility index (Phi) is 9.11. The Bertz CT molecular complexity index is 815. The first-order valence-electron chi connectivity index (χ1n) is 10.4. The van der Waals surface area contributed by atoms with E-state index in [1.165, 1.54) is 0 Å². The maximum Gasteiger partial charge on any atom is 0.251 e. The van der Waals surface area contributed by atoms with E-state index in [1.54, 1.807) is 18.9 Å². The maximum absolute atomic E-state index is 12.1. The van der Waals surface area contributed by atoms with E-state index < -0.39 is 0 Å². The molecule has 0 spiro atoms. The van der Waals surface area contributed by atoms with Crippen molar-refractivity contribution < 1.29 is 9.53 Å². The molecule has 0 fully saturated rings. The number of benzene rings is 1. The molecule has 2 aromatic rings. The Labute approximate surface area is 184 Å². The van der Waals surface area contributed by atoms with Gasteiger partial charge in [-0.1, -0.05) is 44.7 Å². The van der Waals surface area contributed by atoms with Crippen LogP contribution >= 0.6 is 11.8 Å². The van der Waals surface area contributed by atoms with Gasteiger partial charge in [0.1, 0.15) is 5.82 Å². The van der Waals surface area contributed by atoms with Crippen LogP contribution in [0.2, 0.25) is 0 Å². The van der Waals surface area contributed by atoms with Crippen molar-refractivity contribution in [1.82, 2.24) is 15.3 Å². The van der Waals surface area contributed by atoms with Crippen molar-refractivity contribution in [3.63, 3.8) is 0 Å². The van der Waals surface area contributed by atoms with Gasteiger partial charge in [0, 0.05) is 49.5 Å². The number of nitrogens with zero attached hydrogens (tertiary/aromatic N) is 3. The van der Waals surface area contributed by atoms with Crippen LogP contribution in [0.5, 0.6) is 0 Å². The van der Waals surface area contributed by atoms with Crippen molar-refractivity contribution in [2.24, 2.45) is 0 Å². The number of rotatable bonds is 10. The Hall–Kier alpha value is -2.12. The molecule has 0 aliphatic carbocycles. The van der Waals surface area contributed by atoms with Gasteiger partial charge in [0.15, 0.2) is 5.16 Å². The van der Waals surface area contributed by atoms with Crippen LogP contribution in [0.15, 0.2) is 35.5 Å². The standard InChI is InChI=1S/C23H34N4O2S/c1-7-27(8-2)20-15-19(23(3,4)5)25-22(26-20)30-16-17-9-11-18(12-10-17)21(28)24-13-14-29-6/h9-12,15H,7-8,13-14,16H2,1-6H3,(H,24,28). The zero-order valence-electron chi connectivity index (χ0n) is 19.0. The third-order valence-corrected chi connectivity index (χ3v) is 5.64. The number of amides is 1. The predicted octanol–water partition coefficient (Wildman–Crippen LogP) is 4.29. The van der Waals surface area contributed by atoms with Crippen LogP contribution < -0.4 is 10.2 Å². The van der Waals surface area contributed by atoms with Crippen LogP contribution in [0.4, 0.5) is 5.82 Å². The number of hydrogen-bond donors (Lipinski definition) is 1. The summed E-state index contributed by atoms with van der Waals surface area (Å²) in [4.78, 5) is 24.0. The van der Waals surface area contributed by atoms with Crippen molar-refractivity contribution in [2.75, 3.05) is 38.3 Å². The van der Waals surface area contributed by atoms with Crippen LogP contribution in [0.3, 0.4) is 0 Å². The quantitative estimate of drug-likeness (QED) is 0.345. The van der Waals surface area contributed by atoms with E-state index in [-0.39, 0.29) is 11.3 Å². The topological polar surface area (TPSA) is 67.4 Å². The van der Waals surface area contributed by atoms with Crippen LogP contribution in [0, 0.1) is 0 Å². The molecule has 7 heteroatoms. The first kappa shape index (κ1) is 24.2. The van der Waals surface area contributed by atoms with Gasteiger partial charge in [-0.3, -0.25) is 4.79 Å². The van der Waals surface area contributed by atoms with Crippen molar-refractivity contribution in [2.45, 2.75) is 50.9 Å². The number of anilines is 1. The van der Waals surface area contributed by atoms with Gasteiger partial charge in [-0.25, -0.2) is 9.97 Å². The molecule has 0 saturated carbocycles. The van der Waals surface area contributed by atoms with E-state index >= 15 is 0 Å². The Morgan fingerprint density at radius 1 is 1.13 bits per heavy atom. The molecule has 6 nitrogen and oxygen atoms in total. The second-order valence-corrected chi connectivity index (χ2v) is 8.99. The van der Waals surface area contributed by atoms with E-state index in [1.807, 2.05) is 24.3 Å². The van der Waals surface area contributed by atoms with Gasteiger partial charge in [-0.15, -0.1) is 0 Å². The highest BCUT2D eigenvalue weighted by Gasteiger charge is 2.19. The summed E-state index contributed by atoms with van der Waals surface area (Å²) in [6.45, 7) is 13.6. The van der Waals surface area contributed by atoms with Gasteiger partial charge in [-0.2, -0.15) is 0 Å². The number of thioether (sulfide) groups is 1. The van der Waals surface area contributed by atoms with Crippen molar-refractivity contribution in [3.05, 3.63) is 47.2 Å². The molecule has 1 N–H and O–H groups in total. The summed E-state index contributed by atoms with van der Waals surface area (Å²) >= 11 is 1.62. The molecule has 0 saturated heterocycles. The largest absolute Gasteiger partial charge is 0.383 e. The van der Waals surface area contributed by atoms with Crippen LogP contribution in [0.1, 0.15) is 56.2 Å². The number of hydrogen-bond acceptors (Lipinski definition) is 6. The average Bonchev–Trinajstić information content (AvgIpc) is 2.73. The number of ether oxygens (including phenoxy) is 1. The van der Waals surface area contributed by atoms with Crippen molar-refractivity contribution in [3.8, 4) is 0 Å². The lowest BCUT2D eigenvalue weighted by molar-refractivity contribution is 0.0937. The minimum absolute atomic E-state index is 0.0437. The summed E-state index contributed by atoms with van der Waals surface area (Å²) in [6, 6.07) is 9.78. The fourth-order valence-electron chi connectivity index (χ4n) is 2.84. The Balaban J connectivity index is 2.10. The first-order valence-corrected chi connectivity index (χ1v) is 11.4. The molecule has 0 aliphatic heterocycles. The lowest BCUT2D eigenvalue weighted by Gasteiger charge is -2.24. The minimum atomic E-state index is -0.0867. The molecule has 0 aliphatic rings. The van der Waals surface area contributed by atoms with Crippen LogP contribution in [-0.4, -0.2) is 49.2 Å². The van der Waals surface area contributed by atoms with Gasteiger partial charge in [-0.05, 0) is 31.5 Å². The molecule has 0 unspecified atom stereocenters. The van der Waals surface area contributed by atoms with Gasteiger partial charge in [0.2, 0.25) is 0 Å². The monoisotopic (exact) mass is 430 g/mol. The summed E-state index contributed by atoms with van der Waals surface area (Å²) < 4.78 is 4.96. The summed E-state index contributed by atoms with van der Waals surface area (Å²) in [7, 11) is 1.62. The van der Waals surface area contributed by atoms with E-state index in [0.29, 0.717) is 18.7 Å². The second-order valence-electron chi connectivity index (χ2n) is 8.05. The highest BCUT2D eigenvalue weighted by Crippen LogP contribution is 2.28. The SMILES string of the molecule is CCN(CC)c1cc(C(C)(C)C)nc(SCc2ccc(C(=O)NCCOC)cc2)n1. The lowest BCUT2D eigenvalue weighted by atomic mass is 9.92. The molecule has 0 bridgehead atoms. The number of carbonyl (C=O) groups is 1. The molecule has 1 aromatic carbocycles. The smallest absolute Gasteiger partial charge is 0.251 e. The minimum Gasteiger partial charge on any atom is -0.383 e. The van der Waals surface area contributed by atoms with E-state index in [0.717, 1.165) is 41.1 Å². The summed E-state index contributed by atoms with van der Waals surface area (Å²) in [5, 5.41) is 3.61. The molecule has 2 rings (SSSR count). The maximum atomic E-state index is 12.1. The molecule has 1 heterocycles. The Morgan fingerprint density at radius 3 is 2.37 bits per heavy atom. The number of carbonyl (C=O) groups excluding carboxylic acids is 1. The summed E-state index contributed by atoms with van der Waals surface area (Å²) in [6.07, 6.45) is 0. The molecule has 1 aromatic heterocycles. The van der Waals surface area contributed by atoms with Crippen molar-refractivity contribution >= 4 is 23.5 Å². The fourth-order valence-corrected chi connectivity index (χ4v) is 3.65. The van der Waals surface area contributed by atoms with Gasteiger partial charge in [0.25, 0.3) is 5.91 Å². The van der Waals surface area contributed by atoms with Crippen LogP contribution in [-0.2, 0) is 15.9 Å². The first-order chi connectivity index (χ1) is 14.3. The number of methoxy groups -OCH3 is 1. The highest BCUT2D eigenvalue weighted by molar-refractivity contribution is 7.98. The third kappa shape index (κ3) is 6.99. The zero-order valence-corrected chi connectivity index (χ0v) is 19.8. The fraction of sp³-hybridized carbons (Fsp3) is 0.522. The molecular formula is C23H34N4O2S. The number of nitrogens with one attached hydrogen (secondary N) is 1. The van der Waals surface area contributed by atoms with Gasteiger partial charge >= 0.3 is 0 Å². The molecule has 0 atom stereocenters. The van der Waals surface area contributed by atoms with Crippen molar-refractivity contribution in [1.29, 1.82) is 0 Å². The normalized spacial score (nSPS) is 11.4. The highest BCUT2D eigenvalue weighted by atomic mass is 32.2. The molecule has 0 radical (unpaired) electrons. The summed E-state index contributed by atoms with van der Waals surface area (Å²) in [5.74, 6) is 1.64. The Morgan fingerprint density at radius 2 is 1.80 bits per heavy atom. The molecule has 30 heavy (non-hydrogen) atoms. The van der Waals surface area contributed by atoms with Gasteiger partial charge < -0.3 is 15.0 Å². The van der Waals surface area contributed by atoms with E-state index in [9.17, 15) is 4.79 Å². The molecular weight excluding hydrogens is 396 g/mol.